The van der Waals surface area contributed by atoms with E-state index in [0.29, 0.717) is 44.8 Å². The van der Waals surface area contributed by atoms with Gasteiger partial charge in [-0.2, -0.15) is 0 Å². The van der Waals surface area contributed by atoms with Crippen LogP contribution in [0.15, 0.2) is 24.3 Å². The van der Waals surface area contributed by atoms with Gasteiger partial charge in [0.1, 0.15) is 5.82 Å². The van der Waals surface area contributed by atoms with Gasteiger partial charge in [0.2, 0.25) is 5.91 Å². The average Bonchev–Trinajstić information content (AvgIpc) is 2.73. The van der Waals surface area contributed by atoms with Gasteiger partial charge >= 0.3 is 6.09 Å². The molecule has 0 spiro atoms. The minimum atomic E-state index is -0.338. The summed E-state index contributed by atoms with van der Waals surface area (Å²) in [6, 6.07) is 6.07. The second kappa shape index (κ2) is 7.77. The second-order valence-electron chi connectivity index (χ2n) is 5.23. The first-order valence-electron chi connectivity index (χ1n) is 7.54. The average molecular weight is 308 g/mol. The zero-order valence-electron chi connectivity index (χ0n) is 12.8. The fourth-order valence-corrected chi connectivity index (χ4v) is 2.50. The lowest BCUT2D eigenvalue weighted by molar-refractivity contribution is -0.130. The molecule has 120 valence electrons. The predicted molar refractivity (Wildman–Crippen MR) is 79.9 cm³/mol. The fourth-order valence-electron chi connectivity index (χ4n) is 2.50. The monoisotopic (exact) mass is 308 g/mol. The third-order valence-electron chi connectivity index (χ3n) is 3.62. The van der Waals surface area contributed by atoms with Crippen molar-refractivity contribution in [3.63, 3.8) is 0 Å². The summed E-state index contributed by atoms with van der Waals surface area (Å²) >= 11 is 0. The van der Waals surface area contributed by atoms with E-state index >= 15 is 0 Å². The molecule has 0 radical (unpaired) electrons. The highest BCUT2D eigenvalue weighted by Gasteiger charge is 2.22. The van der Waals surface area contributed by atoms with Gasteiger partial charge in [0, 0.05) is 26.2 Å². The first kappa shape index (κ1) is 16.3. The number of amides is 2. The summed E-state index contributed by atoms with van der Waals surface area (Å²) in [6.45, 7) is 4.25. The molecule has 0 unspecified atom stereocenters. The zero-order valence-corrected chi connectivity index (χ0v) is 12.8. The molecule has 1 heterocycles. The van der Waals surface area contributed by atoms with Gasteiger partial charge in [0.05, 0.1) is 13.0 Å². The SMILES string of the molecule is CCOC(=O)N1CCCN(C(=O)Cc2cccc(F)c2)CC1. The van der Waals surface area contributed by atoms with Gasteiger partial charge in [0.25, 0.3) is 0 Å². The van der Waals surface area contributed by atoms with Crippen molar-refractivity contribution >= 4 is 12.0 Å². The summed E-state index contributed by atoms with van der Waals surface area (Å²) in [5, 5.41) is 0. The van der Waals surface area contributed by atoms with Gasteiger partial charge < -0.3 is 14.5 Å². The number of benzene rings is 1. The largest absolute Gasteiger partial charge is 0.450 e. The Hall–Kier alpha value is -2.11. The van der Waals surface area contributed by atoms with Crippen molar-refractivity contribution < 1.29 is 18.7 Å². The van der Waals surface area contributed by atoms with Crippen LogP contribution in [0.5, 0.6) is 0 Å². The molecule has 1 aliphatic heterocycles. The van der Waals surface area contributed by atoms with Crippen LogP contribution in [0.4, 0.5) is 9.18 Å². The molecule has 0 aromatic heterocycles. The van der Waals surface area contributed by atoms with E-state index in [1.54, 1.807) is 28.9 Å². The van der Waals surface area contributed by atoms with Crippen LogP contribution in [0.25, 0.3) is 0 Å². The number of hydrogen-bond acceptors (Lipinski definition) is 3. The van der Waals surface area contributed by atoms with E-state index in [2.05, 4.69) is 0 Å². The summed E-state index contributed by atoms with van der Waals surface area (Å²) in [5.41, 5.74) is 0.663. The molecule has 22 heavy (non-hydrogen) atoms. The lowest BCUT2D eigenvalue weighted by atomic mass is 10.1. The molecule has 5 nitrogen and oxygen atoms in total. The Bertz CT molecular complexity index is 536. The Morgan fingerprint density at radius 2 is 1.91 bits per heavy atom. The number of carbonyl (C=O) groups excluding carboxylic acids is 2. The van der Waals surface area contributed by atoms with Crippen molar-refractivity contribution in [2.24, 2.45) is 0 Å². The Kier molecular flexibility index (Phi) is 5.75. The van der Waals surface area contributed by atoms with E-state index in [4.69, 9.17) is 4.74 Å². The van der Waals surface area contributed by atoms with E-state index < -0.39 is 0 Å². The normalized spacial score (nSPS) is 15.4. The molecule has 2 rings (SSSR count). The van der Waals surface area contributed by atoms with E-state index in [9.17, 15) is 14.0 Å². The van der Waals surface area contributed by atoms with E-state index in [1.807, 2.05) is 0 Å². The van der Waals surface area contributed by atoms with Crippen molar-refractivity contribution in [2.75, 3.05) is 32.8 Å². The zero-order chi connectivity index (χ0) is 15.9. The molecule has 0 atom stereocenters. The van der Waals surface area contributed by atoms with Crippen molar-refractivity contribution in [3.8, 4) is 0 Å². The van der Waals surface area contributed by atoms with Gasteiger partial charge in [-0.15, -0.1) is 0 Å². The van der Waals surface area contributed by atoms with Gasteiger partial charge in [-0.05, 0) is 31.0 Å². The van der Waals surface area contributed by atoms with E-state index in [0.717, 1.165) is 0 Å². The Balaban J connectivity index is 1.90. The van der Waals surface area contributed by atoms with Crippen LogP contribution in [-0.4, -0.2) is 54.6 Å². The molecule has 1 aliphatic rings. The predicted octanol–water partition coefficient (Wildman–Crippen LogP) is 2.06. The van der Waals surface area contributed by atoms with E-state index in [1.165, 1.54) is 12.1 Å². The number of ether oxygens (including phenoxy) is 1. The Morgan fingerprint density at radius 3 is 2.64 bits per heavy atom. The summed E-state index contributed by atoms with van der Waals surface area (Å²) in [4.78, 5) is 27.4. The molecular formula is C16H21FN2O3. The van der Waals surface area contributed by atoms with Crippen LogP contribution in [0, 0.1) is 5.82 Å². The summed E-state index contributed by atoms with van der Waals surface area (Å²) in [6.07, 6.45) is 0.562. The van der Waals surface area contributed by atoms with Crippen LogP contribution in [0.2, 0.25) is 0 Å². The van der Waals surface area contributed by atoms with Crippen molar-refractivity contribution in [2.45, 2.75) is 19.8 Å². The third-order valence-corrected chi connectivity index (χ3v) is 3.62. The minimum absolute atomic E-state index is 0.0451. The third kappa shape index (κ3) is 4.44. The lowest BCUT2D eigenvalue weighted by Gasteiger charge is -2.21. The van der Waals surface area contributed by atoms with Crippen LogP contribution in [0.1, 0.15) is 18.9 Å². The van der Waals surface area contributed by atoms with Crippen molar-refractivity contribution in [3.05, 3.63) is 35.6 Å². The maximum absolute atomic E-state index is 13.2. The van der Waals surface area contributed by atoms with Gasteiger partial charge in [-0.1, -0.05) is 12.1 Å². The first-order chi connectivity index (χ1) is 10.6. The highest BCUT2D eigenvalue weighted by Crippen LogP contribution is 2.09. The van der Waals surface area contributed by atoms with Crippen molar-refractivity contribution in [1.29, 1.82) is 0 Å². The van der Waals surface area contributed by atoms with Crippen LogP contribution in [0.3, 0.4) is 0 Å². The summed E-state index contributed by atoms with van der Waals surface area (Å²) in [7, 11) is 0. The highest BCUT2D eigenvalue weighted by molar-refractivity contribution is 5.79. The Morgan fingerprint density at radius 1 is 1.18 bits per heavy atom. The van der Waals surface area contributed by atoms with Gasteiger partial charge in [0.15, 0.2) is 0 Å². The molecule has 2 amide bonds. The molecular weight excluding hydrogens is 287 g/mol. The second-order valence-corrected chi connectivity index (χ2v) is 5.23. The molecule has 1 aromatic carbocycles. The number of hydrogen-bond donors (Lipinski definition) is 0. The standard InChI is InChI=1S/C16H21FN2O3/c1-2-22-16(21)19-8-4-7-18(9-10-19)15(20)12-13-5-3-6-14(17)11-13/h3,5-6,11H,2,4,7-10,12H2,1H3. The molecule has 0 N–H and O–H groups in total. The maximum atomic E-state index is 13.2. The van der Waals surface area contributed by atoms with Crippen LogP contribution in [-0.2, 0) is 16.0 Å². The quantitative estimate of drug-likeness (QED) is 0.859. The molecule has 0 saturated carbocycles. The molecule has 0 aliphatic carbocycles. The number of carbonyl (C=O) groups is 2. The molecule has 1 saturated heterocycles. The number of nitrogens with zero attached hydrogens (tertiary/aromatic N) is 2. The smallest absolute Gasteiger partial charge is 0.409 e. The van der Waals surface area contributed by atoms with Gasteiger partial charge in [-0.3, -0.25) is 4.79 Å². The summed E-state index contributed by atoms with van der Waals surface area (Å²) < 4.78 is 18.1. The Labute approximate surface area is 129 Å². The summed E-state index contributed by atoms with van der Waals surface area (Å²) in [5.74, 6) is -0.383. The van der Waals surface area contributed by atoms with E-state index in [-0.39, 0.29) is 24.2 Å². The van der Waals surface area contributed by atoms with Crippen LogP contribution < -0.4 is 0 Å². The van der Waals surface area contributed by atoms with Crippen molar-refractivity contribution in [1.82, 2.24) is 9.80 Å². The first-order valence-corrected chi connectivity index (χ1v) is 7.54. The molecule has 0 bridgehead atoms. The highest BCUT2D eigenvalue weighted by atomic mass is 19.1. The van der Waals surface area contributed by atoms with Gasteiger partial charge in [-0.25, -0.2) is 9.18 Å². The lowest BCUT2D eigenvalue weighted by Crippen LogP contribution is -2.38. The molecule has 1 fully saturated rings. The maximum Gasteiger partial charge on any atom is 0.409 e. The fraction of sp³-hybridized carbons (Fsp3) is 0.500. The number of rotatable bonds is 3. The molecule has 6 heteroatoms. The number of halogens is 1. The van der Waals surface area contributed by atoms with Crippen LogP contribution >= 0.6 is 0 Å². The minimum Gasteiger partial charge on any atom is -0.450 e. The molecule has 1 aromatic rings. The topological polar surface area (TPSA) is 49.9 Å².